The summed E-state index contributed by atoms with van der Waals surface area (Å²) in [6.07, 6.45) is 0.890. The molecule has 0 aliphatic carbocycles. The van der Waals surface area contributed by atoms with Crippen LogP contribution in [-0.2, 0) is 16.0 Å². The highest BCUT2D eigenvalue weighted by Gasteiger charge is 2.44. The maximum absolute atomic E-state index is 13.7. The highest BCUT2D eigenvalue weighted by atomic mass is 16.5. The molecule has 0 saturated heterocycles. The van der Waals surface area contributed by atoms with Gasteiger partial charge in [0.05, 0.1) is 17.4 Å². The van der Waals surface area contributed by atoms with Gasteiger partial charge in [-0.3, -0.25) is 9.59 Å². The van der Waals surface area contributed by atoms with Crippen LogP contribution in [0, 0.1) is 0 Å². The Balaban J connectivity index is 1.63. The van der Waals surface area contributed by atoms with Gasteiger partial charge in [-0.05, 0) is 61.7 Å². The molecule has 0 atom stereocenters. The summed E-state index contributed by atoms with van der Waals surface area (Å²) in [5.41, 5.74) is 4.29. The van der Waals surface area contributed by atoms with Gasteiger partial charge in [-0.2, -0.15) is 0 Å². The molecule has 0 bridgehead atoms. The molecule has 3 aromatic carbocycles. The average Bonchev–Trinajstić information content (AvgIpc) is 3.32. The van der Waals surface area contributed by atoms with Crippen LogP contribution in [0.25, 0.3) is 5.57 Å². The first kappa shape index (κ1) is 20.1. The highest BCUT2D eigenvalue weighted by molar-refractivity contribution is 6.46. The van der Waals surface area contributed by atoms with E-state index in [9.17, 15) is 9.59 Å². The molecule has 0 aromatic heterocycles. The van der Waals surface area contributed by atoms with Gasteiger partial charge in [0, 0.05) is 12.2 Å². The number of imide groups is 1. The van der Waals surface area contributed by atoms with Gasteiger partial charge in [-0.25, -0.2) is 4.90 Å². The summed E-state index contributed by atoms with van der Waals surface area (Å²) in [6.45, 7) is 4.60. The van der Waals surface area contributed by atoms with E-state index in [1.165, 1.54) is 10.5 Å². The molecule has 2 aliphatic heterocycles. The Hall–Kier alpha value is -3.86. The number of anilines is 2. The number of rotatable bonds is 5. The molecule has 32 heavy (non-hydrogen) atoms. The second-order valence-corrected chi connectivity index (χ2v) is 8.23. The number of para-hydroxylation sites is 2. The maximum atomic E-state index is 13.7. The molecule has 0 spiro atoms. The molecule has 0 unspecified atom stereocenters. The van der Waals surface area contributed by atoms with E-state index in [4.69, 9.17) is 4.74 Å². The maximum Gasteiger partial charge on any atom is 0.282 e. The van der Waals surface area contributed by atoms with Gasteiger partial charge in [-0.15, -0.1) is 0 Å². The molecule has 0 N–H and O–H groups in total. The number of nitrogens with zero attached hydrogens (tertiary/aromatic N) is 2. The van der Waals surface area contributed by atoms with Crippen LogP contribution in [0.5, 0.6) is 5.75 Å². The Labute approximate surface area is 187 Å². The molecule has 5 nitrogen and oxygen atoms in total. The van der Waals surface area contributed by atoms with Gasteiger partial charge >= 0.3 is 0 Å². The quantitative estimate of drug-likeness (QED) is 0.551. The number of amides is 2. The van der Waals surface area contributed by atoms with Crippen molar-refractivity contribution in [3.05, 3.63) is 95.7 Å². The number of carbonyl (C=O) groups is 2. The van der Waals surface area contributed by atoms with Crippen molar-refractivity contribution >= 4 is 28.8 Å². The predicted octanol–water partition coefficient (Wildman–Crippen LogP) is 4.82. The minimum Gasteiger partial charge on any atom is -0.491 e. The third-order valence-corrected chi connectivity index (χ3v) is 5.75. The van der Waals surface area contributed by atoms with E-state index in [1.54, 1.807) is 12.1 Å². The summed E-state index contributed by atoms with van der Waals surface area (Å²) in [5, 5.41) is 0. The van der Waals surface area contributed by atoms with E-state index in [0.29, 0.717) is 29.1 Å². The van der Waals surface area contributed by atoms with Crippen LogP contribution in [0.15, 0.2) is 84.6 Å². The molecule has 2 amide bonds. The Morgan fingerprint density at radius 1 is 0.812 bits per heavy atom. The fourth-order valence-electron chi connectivity index (χ4n) is 4.38. The van der Waals surface area contributed by atoms with Gasteiger partial charge in [0.25, 0.3) is 11.8 Å². The molecule has 2 heterocycles. The molecular weight excluding hydrogens is 400 g/mol. The Morgan fingerprint density at radius 3 is 2.22 bits per heavy atom. The van der Waals surface area contributed by atoms with Gasteiger partial charge in [0.2, 0.25) is 0 Å². The number of carbonyl (C=O) groups excluding carboxylic acids is 2. The molecule has 0 radical (unpaired) electrons. The van der Waals surface area contributed by atoms with Gasteiger partial charge in [0.1, 0.15) is 11.4 Å². The zero-order chi connectivity index (χ0) is 22.2. The van der Waals surface area contributed by atoms with Crippen molar-refractivity contribution in [2.45, 2.75) is 26.4 Å². The summed E-state index contributed by atoms with van der Waals surface area (Å²) in [7, 11) is 0. The van der Waals surface area contributed by atoms with Gasteiger partial charge < -0.3 is 9.64 Å². The van der Waals surface area contributed by atoms with E-state index in [2.05, 4.69) is 6.07 Å². The molecule has 0 fully saturated rings. The third kappa shape index (κ3) is 3.36. The van der Waals surface area contributed by atoms with E-state index in [-0.39, 0.29) is 17.9 Å². The van der Waals surface area contributed by atoms with Crippen LogP contribution >= 0.6 is 0 Å². The van der Waals surface area contributed by atoms with Crippen LogP contribution in [0.1, 0.15) is 25.0 Å². The van der Waals surface area contributed by atoms with Crippen LogP contribution in [0.3, 0.4) is 0 Å². The molecule has 2 aliphatic rings. The lowest BCUT2D eigenvalue weighted by molar-refractivity contribution is -0.120. The molecule has 160 valence electrons. The lowest BCUT2D eigenvalue weighted by Crippen LogP contribution is -2.34. The van der Waals surface area contributed by atoms with E-state index >= 15 is 0 Å². The number of hydrogen-bond donors (Lipinski definition) is 0. The van der Waals surface area contributed by atoms with Gasteiger partial charge in [-0.1, -0.05) is 48.5 Å². The number of benzene rings is 3. The largest absolute Gasteiger partial charge is 0.491 e. The van der Waals surface area contributed by atoms with E-state index in [0.717, 1.165) is 17.9 Å². The fourth-order valence-corrected chi connectivity index (χ4v) is 4.38. The summed E-state index contributed by atoms with van der Waals surface area (Å²) < 4.78 is 5.75. The smallest absolute Gasteiger partial charge is 0.282 e. The van der Waals surface area contributed by atoms with Crippen molar-refractivity contribution < 1.29 is 14.3 Å². The van der Waals surface area contributed by atoms with Crippen LogP contribution in [0.2, 0.25) is 0 Å². The van der Waals surface area contributed by atoms with Gasteiger partial charge in [0.15, 0.2) is 0 Å². The Kier molecular flexibility index (Phi) is 5.02. The second-order valence-electron chi connectivity index (χ2n) is 8.23. The lowest BCUT2D eigenvalue weighted by atomic mass is 10.0. The number of ether oxygens (including phenoxy) is 1. The van der Waals surface area contributed by atoms with Crippen molar-refractivity contribution in [1.29, 1.82) is 0 Å². The van der Waals surface area contributed by atoms with E-state index < -0.39 is 0 Å². The SMILES string of the molecule is CC(C)Oc1ccc(C2=C(N3CCc4ccccc43)C(=O)N(c3ccccc3)C2=O)cc1. The lowest BCUT2D eigenvalue weighted by Gasteiger charge is -2.21. The van der Waals surface area contributed by atoms with Crippen LogP contribution < -0.4 is 14.5 Å². The Bertz CT molecular complexity index is 1210. The minimum atomic E-state index is -0.307. The predicted molar refractivity (Wildman–Crippen MR) is 126 cm³/mol. The van der Waals surface area contributed by atoms with Crippen LogP contribution in [0.4, 0.5) is 11.4 Å². The average molecular weight is 425 g/mol. The standard InChI is InChI=1S/C27H24N2O3/c1-18(2)32-22-14-12-20(13-15-22)24-25(28-17-16-19-8-6-7-11-23(19)28)27(31)29(26(24)30)21-9-4-3-5-10-21/h3-15,18H,16-17H2,1-2H3. The molecule has 5 rings (SSSR count). The van der Waals surface area contributed by atoms with Crippen LogP contribution in [-0.4, -0.2) is 24.5 Å². The van der Waals surface area contributed by atoms with Crippen molar-refractivity contribution in [3.8, 4) is 5.75 Å². The Morgan fingerprint density at radius 2 is 1.50 bits per heavy atom. The normalized spacial score (nSPS) is 15.7. The molecule has 5 heteroatoms. The van der Waals surface area contributed by atoms with Crippen molar-refractivity contribution in [3.63, 3.8) is 0 Å². The highest BCUT2D eigenvalue weighted by Crippen LogP contribution is 2.40. The molecule has 0 saturated carbocycles. The number of fused-ring (bicyclic) bond motifs is 1. The third-order valence-electron chi connectivity index (χ3n) is 5.75. The van der Waals surface area contributed by atoms with E-state index in [1.807, 2.05) is 79.4 Å². The summed E-state index contributed by atoms with van der Waals surface area (Å²) >= 11 is 0. The molecular formula is C27H24N2O3. The zero-order valence-electron chi connectivity index (χ0n) is 18.1. The molecule has 3 aromatic rings. The zero-order valence-corrected chi connectivity index (χ0v) is 18.1. The first-order valence-corrected chi connectivity index (χ1v) is 10.8. The monoisotopic (exact) mass is 424 g/mol. The summed E-state index contributed by atoms with van der Waals surface area (Å²) in [4.78, 5) is 30.6. The van der Waals surface area contributed by atoms with Crippen molar-refractivity contribution in [2.24, 2.45) is 0 Å². The van der Waals surface area contributed by atoms with Crippen molar-refractivity contribution in [2.75, 3.05) is 16.3 Å². The summed E-state index contributed by atoms with van der Waals surface area (Å²) in [6, 6.07) is 24.6. The van der Waals surface area contributed by atoms with Crippen molar-refractivity contribution in [1.82, 2.24) is 0 Å². The first-order chi connectivity index (χ1) is 15.5. The minimum absolute atomic E-state index is 0.0555. The second kappa shape index (κ2) is 8.00. The number of hydrogen-bond acceptors (Lipinski definition) is 4. The fraction of sp³-hybridized carbons (Fsp3) is 0.185. The summed E-state index contributed by atoms with van der Waals surface area (Å²) in [5.74, 6) is 0.127. The first-order valence-electron chi connectivity index (χ1n) is 10.8. The topological polar surface area (TPSA) is 49.9 Å².